The predicted molar refractivity (Wildman–Crippen MR) is 137 cm³/mol. The third kappa shape index (κ3) is 5.22. The van der Waals surface area contributed by atoms with E-state index in [4.69, 9.17) is 4.84 Å². The molecule has 1 aliphatic rings. The van der Waals surface area contributed by atoms with Crippen LogP contribution in [-0.4, -0.2) is 33.2 Å². The standard InChI is InChI=1S/C29H42N2O3/c1-8-28(6)19-26(30-27(33)25-13-11-10-12-14-25)20(3)29(7,9-2)31(28)34-22(5)24-17-15-23(16-18-24)21(4)32/h10-18,20-22,26,32H,8-9,19H2,1-7H3,(H,30,33). The van der Waals surface area contributed by atoms with Gasteiger partial charge in [0, 0.05) is 22.7 Å². The van der Waals surface area contributed by atoms with Gasteiger partial charge >= 0.3 is 0 Å². The van der Waals surface area contributed by atoms with Gasteiger partial charge in [-0.05, 0) is 76.1 Å². The van der Waals surface area contributed by atoms with Crippen molar-refractivity contribution in [2.75, 3.05) is 0 Å². The first-order chi connectivity index (χ1) is 16.1. The summed E-state index contributed by atoms with van der Waals surface area (Å²) in [6, 6.07) is 17.5. The molecule has 186 valence electrons. The summed E-state index contributed by atoms with van der Waals surface area (Å²) >= 11 is 0. The zero-order valence-corrected chi connectivity index (χ0v) is 21.8. The molecule has 3 rings (SSSR count). The lowest BCUT2D eigenvalue weighted by Gasteiger charge is -2.60. The zero-order valence-electron chi connectivity index (χ0n) is 21.8. The van der Waals surface area contributed by atoms with Gasteiger partial charge in [0.05, 0.1) is 6.10 Å². The molecule has 0 saturated carbocycles. The Bertz CT molecular complexity index is 946. The molecule has 1 heterocycles. The first-order valence-corrected chi connectivity index (χ1v) is 12.7. The third-order valence-corrected chi connectivity index (χ3v) is 8.18. The highest BCUT2D eigenvalue weighted by Crippen LogP contribution is 2.47. The fourth-order valence-electron chi connectivity index (χ4n) is 5.25. The molecule has 2 aromatic carbocycles. The predicted octanol–water partition coefficient (Wildman–Crippen LogP) is 6.21. The normalized spacial score (nSPS) is 29.4. The smallest absolute Gasteiger partial charge is 0.251 e. The molecular formula is C29H42N2O3. The van der Waals surface area contributed by atoms with Crippen molar-refractivity contribution in [1.29, 1.82) is 0 Å². The lowest BCUT2D eigenvalue weighted by molar-refractivity contribution is -0.327. The molecule has 1 aliphatic heterocycles. The summed E-state index contributed by atoms with van der Waals surface area (Å²) in [4.78, 5) is 19.8. The number of hydroxylamine groups is 2. The second kappa shape index (κ2) is 10.6. The lowest BCUT2D eigenvalue weighted by Crippen LogP contribution is -2.70. The number of carbonyl (C=O) groups excluding carboxylic acids is 1. The molecule has 2 N–H and O–H groups in total. The number of nitrogens with zero attached hydrogens (tertiary/aromatic N) is 1. The Hall–Kier alpha value is -2.21. The van der Waals surface area contributed by atoms with E-state index in [1.54, 1.807) is 6.92 Å². The van der Waals surface area contributed by atoms with Crippen molar-refractivity contribution in [3.05, 3.63) is 71.3 Å². The minimum absolute atomic E-state index is 0.0182. The topological polar surface area (TPSA) is 61.8 Å². The van der Waals surface area contributed by atoms with Crippen LogP contribution in [0.15, 0.2) is 54.6 Å². The number of benzene rings is 2. The summed E-state index contributed by atoms with van der Waals surface area (Å²) in [5, 5.41) is 15.4. The summed E-state index contributed by atoms with van der Waals surface area (Å²) in [6.07, 6.45) is 1.99. The van der Waals surface area contributed by atoms with E-state index >= 15 is 0 Å². The van der Waals surface area contributed by atoms with Crippen LogP contribution in [0, 0.1) is 5.92 Å². The van der Waals surface area contributed by atoms with Crippen LogP contribution in [0.4, 0.5) is 0 Å². The minimum atomic E-state index is -0.483. The van der Waals surface area contributed by atoms with E-state index in [9.17, 15) is 9.90 Å². The Kier molecular flexibility index (Phi) is 8.22. The highest BCUT2D eigenvalue weighted by molar-refractivity contribution is 5.94. The van der Waals surface area contributed by atoms with Crippen molar-refractivity contribution in [1.82, 2.24) is 10.4 Å². The maximum atomic E-state index is 13.0. The highest BCUT2D eigenvalue weighted by Gasteiger charge is 2.54. The largest absolute Gasteiger partial charge is 0.389 e. The van der Waals surface area contributed by atoms with Crippen LogP contribution in [0.2, 0.25) is 0 Å². The number of amides is 1. The lowest BCUT2D eigenvalue weighted by atomic mass is 9.68. The van der Waals surface area contributed by atoms with E-state index in [1.165, 1.54) is 0 Å². The van der Waals surface area contributed by atoms with Gasteiger partial charge in [-0.25, -0.2) is 0 Å². The molecule has 6 unspecified atom stereocenters. The number of piperidine rings is 1. The van der Waals surface area contributed by atoms with E-state index in [0.29, 0.717) is 5.56 Å². The maximum absolute atomic E-state index is 13.0. The summed E-state index contributed by atoms with van der Waals surface area (Å²) in [7, 11) is 0. The van der Waals surface area contributed by atoms with Crippen LogP contribution in [0.25, 0.3) is 0 Å². The second-order valence-electron chi connectivity index (χ2n) is 10.4. The highest BCUT2D eigenvalue weighted by atomic mass is 16.7. The van der Waals surface area contributed by atoms with Gasteiger partial charge in [-0.15, -0.1) is 0 Å². The number of nitrogens with one attached hydrogen (secondary N) is 1. The Morgan fingerprint density at radius 1 is 1.06 bits per heavy atom. The summed E-state index contributed by atoms with van der Waals surface area (Å²) in [6.45, 7) is 15.0. The van der Waals surface area contributed by atoms with E-state index in [0.717, 1.165) is 30.4 Å². The molecule has 34 heavy (non-hydrogen) atoms. The molecule has 0 aromatic heterocycles. The quantitative estimate of drug-likeness (QED) is 0.485. The van der Waals surface area contributed by atoms with Gasteiger partial charge < -0.3 is 10.4 Å². The van der Waals surface area contributed by atoms with Crippen LogP contribution < -0.4 is 5.32 Å². The van der Waals surface area contributed by atoms with Crippen LogP contribution in [0.1, 0.15) is 101 Å². The van der Waals surface area contributed by atoms with E-state index < -0.39 is 6.10 Å². The van der Waals surface area contributed by atoms with Crippen LogP contribution in [0.5, 0.6) is 0 Å². The zero-order chi connectivity index (χ0) is 25.1. The van der Waals surface area contributed by atoms with Crippen molar-refractivity contribution in [3.8, 4) is 0 Å². The number of aliphatic hydroxyl groups excluding tert-OH is 1. The molecule has 5 heteroatoms. The summed E-state index contributed by atoms with van der Waals surface area (Å²) in [5.41, 5.74) is 2.18. The average molecular weight is 467 g/mol. The average Bonchev–Trinajstić information content (AvgIpc) is 2.85. The molecule has 6 atom stereocenters. The van der Waals surface area contributed by atoms with Crippen molar-refractivity contribution < 1.29 is 14.7 Å². The van der Waals surface area contributed by atoms with Gasteiger partial charge in [0.25, 0.3) is 5.91 Å². The Morgan fingerprint density at radius 3 is 2.18 bits per heavy atom. The number of hydrogen-bond acceptors (Lipinski definition) is 4. The minimum Gasteiger partial charge on any atom is -0.389 e. The van der Waals surface area contributed by atoms with Gasteiger partial charge in [-0.1, -0.05) is 63.2 Å². The van der Waals surface area contributed by atoms with Crippen molar-refractivity contribution in [2.24, 2.45) is 5.92 Å². The fourth-order valence-corrected chi connectivity index (χ4v) is 5.25. The van der Waals surface area contributed by atoms with Gasteiger partial charge in [0.1, 0.15) is 6.10 Å². The molecule has 2 aromatic rings. The van der Waals surface area contributed by atoms with Gasteiger partial charge in [0.2, 0.25) is 0 Å². The SMILES string of the molecule is CCC1(C)CC(NC(=O)c2ccccc2)C(C)C(C)(CC)N1OC(C)c1ccc(C(C)O)cc1. The van der Waals surface area contributed by atoms with E-state index in [1.807, 2.05) is 54.6 Å². The van der Waals surface area contributed by atoms with Crippen LogP contribution >= 0.6 is 0 Å². The molecule has 1 fully saturated rings. The van der Waals surface area contributed by atoms with E-state index in [-0.39, 0.29) is 35.0 Å². The van der Waals surface area contributed by atoms with Gasteiger partial charge in [-0.2, -0.15) is 5.06 Å². The van der Waals surface area contributed by atoms with Crippen molar-refractivity contribution in [2.45, 2.75) is 97.1 Å². The number of aliphatic hydroxyl groups is 1. The fraction of sp³-hybridized carbons (Fsp3) is 0.552. The molecule has 0 radical (unpaired) electrons. The maximum Gasteiger partial charge on any atom is 0.251 e. The van der Waals surface area contributed by atoms with Gasteiger partial charge in [0.15, 0.2) is 0 Å². The summed E-state index contributed by atoms with van der Waals surface area (Å²) < 4.78 is 0. The van der Waals surface area contributed by atoms with Crippen molar-refractivity contribution in [3.63, 3.8) is 0 Å². The number of hydrogen-bond donors (Lipinski definition) is 2. The molecule has 0 spiro atoms. The monoisotopic (exact) mass is 466 g/mol. The van der Waals surface area contributed by atoms with Crippen LogP contribution in [0.3, 0.4) is 0 Å². The number of carbonyl (C=O) groups is 1. The first kappa shape index (κ1) is 26.4. The van der Waals surface area contributed by atoms with E-state index in [2.05, 4.69) is 51.9 Å². The number of rotatable bonds is 8. The molecule has 1 amide bonds. The molecule has 5 nitrogen and oxygen atoms in total. The first-order valence-electron chi connectivity index (χ1n) is 12.7. The van der Waals surface area contributed by atoms with Crippen molar-refractivity contribution >= 4 is 5.91 Å². The summed E-state index contributed by atoms with van der Waals surface area (Å²) in [5.74, 6) is 0.171. The van der Waals surface area contributed by atoms with Crippen LogP contribution in [-0.2, 0) is 4.84 Å². The van der Waals surface area contributed by atoms with Gasteiger partial charge in [-0.3, -0.25) is 9.63 Å². The molecular weight excluding hydrogens is 424 g/mol. The third-order valence-electron chi connectivity index (χ3n) is 8.18. The second-order valence-corrected chi connectivity index (χ2v) is 10.4. The molecule has 0 bridgehead atoms. The Morgan fingerprint density at radius 2 is 1.65 bits per heavy atom. The molecule has 0 aliphatic carbocycles. The molecule has 1 saturated heterocycles. The Labute approximate surface area is 205 Å². The Balaban J connectivity index is 1.85.